The van der Waals surface area contributed by atoms with Crippen molar-refractivity contribution in [1.29, 1.82) is 0 Å². The number of anilines is 1. The molecule has 3 rings (SSSR count). The van der Waals surface area contributed by atoms with Crippen LogP contribution in [0.1, 0.15) is 0 Å². The first-order chi connectivity index (χ1) is 8.77. The quantitative estimate of drug-likeness (QED) is 0.614. The first kappa shape index (κ1) is 11.4. The van der Waals surface area contributed by atoms with Gasteiger partial charge in [0.15, 0.2) is 0 Å². The summed E-state index contributed by atoms with van der Waals surface area (Å²) < 4.78 is 6.17. The molecule has 1 saturated heterocycles. The van der Waals surface area contributed by atoms with Crippen LogP contribution in [-0.2, 0) is 4.74 Å². The van der Waals surface area contributed by atoms with E-state index < -0.39 is 0 Å². The van der Waals surface area contributed by atoms with Crippen LogP contribution in [-0.4, -0.2) is 36.2 Å². The standard InChI is InChI=1S/C11H11N3O3S/c15-14(16)9-7-12-8-1-6-18-11(8)10(9)13-2-4-17-5-3-13/h1,6-7H,2-5H2. The molecule has 0 spiro atoms. The van der Waals surface area contributed by atoms with Gasteiger partial charge in [0.05, 0.1) is 28.4 Å². The van der Waals surface area contributed by atoms with E-state index in [0.29, 0.717) is 32.0 Å². The first-order valence-electron chi connectivity index (χ1n) is 5.60. The number of hydrogen-bond donors (Lipinski definition) is 0. The molecule has 1 aliphatic rings. The lowest BCUT2D eigenvalue weighted by Crippen LogP contribution is -2.36. The molecular weight excluding hydrogens is 254 g/mol. The van der Waals surface area contributed by atoms with Gasteiger partial charge in [-0.3, -0.25) is 10.1 Å². The summed E-state index contributed by atoms with van der Waals surface area (Å²) in [6.07, 6.45) is 1.35. The van der Waals surface area contributed by atoms with Crippen LogP contribution in [0.3, 0.4) is 0 Å². The Morgan fingerprint density at radius 2 is 2.22 bits per heavy atom. The van der Waals surface area contributed by atoms with Crippen molar-refractivity contribution in [3.05, 3.63) is 27.8 Å². The molecule has 2 aromatic heterocycles. The van der Waals surface area contributed by atoms with Crippen LogP contribution in [0.2, 0.25) is 0 Å². The highest BCUT2D eigenvalue weighted by Crippen LogP contribution is 2.37. The van der Waals surface area contributed by atoms with Crippen molar-refractivity contribution in [3.63, 3.8) is 0 Å². The fraction of sp³-hybridized carbons (Fsp3) is 0.364. The van der Waals surface area contributed by atoms with E-state index in [9.17, 15) is 10.1 Å². The predicted octanol–water partition coefficient (Wildman–Crippen LogP) is 2.04. The van der Waals surface area contributed by atoms with E-state index in [0.717, 1.165) is 10.2 Å². The number of rotatable bonds is 2. The number of hydrogen-bond acceptors (Lipinski definition) is 6. The number of morpholine rings is 1. The highest BCUT2D eigenvalue weighted by atomic mass is 32.1. The van der Waals surface area contributed by atoms with E-state index in [4.69, 9.17) is 4.74 Å². The summed E-state index contributed by atoms with van der Waals surface area (Å²) in [5, 5.41) is 13.1. The molecular formula is C11H11N3O3S. The number of fused-ring (bicyclic) bond motifs is 1. The maximum Gasteiger partial charge on any atom is 0.312 e. The molecule has 0 aromatic carbocycles. The van der Waals surface area contributed by atoms with Crippen molar-refractivity contribution >= 4 is 32.9 Å². The van der Waals surface area contributed by atoms with Crippen molar-refractivity contribution in [3.8, 4) is 0 Å². The minimum atomic E-state index is -0.364. The molecule has 1 fully saturated rings. The van der Waals surface area contributed by atoms with Gasteiger partial charge in [-0.1, -0.05) is 0 Å². The number of pyridine rings is 1. The van der Waals surface area contributed by atoms with Crippen LogP contribution in [0.15, 0.2) is 17.6 Å². The average molecular weight is 265 g/mol. The van der Waals surface area contributed by atoms with Crippen molar-refractivity contribution in [2.45, 2.75) is 0 Å². The number of ether oxygens (including phenoxy) is 1. The van der Waals surface area contributed by atoms with Gasteiger partial charge in [0.25, 0.3) is 0 Å². The van der Waals surface area contributed by atoms with E-state index in [1.807, 2.05) is 16.3 Å². The van der Waals surface area contributed by atoms with Crippen LogP contribution in [0, 0.1) is 10.1 Å². The maximum absolute atomic E-state index is 11.1. The second-order valence-electron chi connectivity index (χ2n) is 3.98. The molecule has 18 heavy (non-hydrogen) atoms. The summed E-state index contributed by atoms with van der Waals surface area (Å²) in [4.78, 5) is 16.9. The fourth-order valence-corrected chi connectivity index (χ4v) is 3.04. The van der Waals surface area contributed by atoms with Crippen molar-refractivity contribution in [2.75, 3.05) is 31.2 Å². The molecule has 0 unspecified atom stereocenters. The van der Waals surface area contributed by atoms with E-state index in [1.54, 1.807) is 0 Å². The van der Waals surface area contributed by atoms with Crippen molar-refractivity contribution < 1.29 is 9.66 Å². The lowest BCUT2D eigenvalue weighted by atomic mass is 10.2. The van der Waals surface area contributed by atoms with Crippen LogP contribution in [0.4, 0.5) is 11.4 Å². The largest absolute Gasteiger partial charge is 0.378 e. The second kappa shape index (κ2) is 4.51. The van der Waals surface area contributed by atoms with Crippen molar-refractivity contribution in [2.24, 2.45) is 0 Å². The van der Waals surface area contributed by atoms with Gasteiger partial charge in [0.2, 0.25) is 0 Å². The minimum Gasteiger partial charge on any atom is -0.378 e. The molecule has 0 bridgehead atoms. The normalized spacial score (nSPS) is 16.1. The Bertz CT molecular complexity index is 592. The Kier molecular flexibility index (Phi) is 2.85. The molecule has 94 valence electrons. The number of nitrogens with zero attached hydrogens (tertiary/aromatic N) is 3. The molecule has 3 heterocycles. The third kappa shape index (κ3) is 1.81. The van der Waals surface area contributed by atoms with Gasteiger partial charge in [-0.05, 0) is 11.4 Å². The molecule has 0 radical (unpaired) electrons. The predicted molar refractivity (Wildman–Crippen MR) is 69.3 cm³/mol. The minimum absolute atomic E-state index is 0.0758. The van der Waals surface area contributed by atoms with Crippen LogP contribution in [0.5, 0.6) is 0 Å². The van der Waals surface area contributed by atoms with E-state index in [-0.39, 0.29) is 10.6 Å². The first-order valence-corrected chi connectivity index (χ1v) is 6.48. The zero-order valence-electron chi connectivity index (χ0n) is 9.54. The Morgan fingerprint density at radius 1 is 1.44 bits per heavy atom. The third-order valence-electron chi connectivity index (χ3n) is 2.95. The lowest BCUT2D eigenvalue weighted by Gasteiger charge is -2.28. The van der Waals surface area contributed by atoms with Crippen LogP contribution < -0.4 is 4.90 Å². The molecule has 0 N–H and O–H groups in total. The molecule has 0 aliphatic carbocycles. The fourth-order valence-electron chi connectivity index (χ4n) is 2.12. The highest BCUT2D eigenvalue weighted by Gasteiger charge is 2.25. The molecule has 6 nitrogen and oxygen atoms in total. The smallest absolute Gasteiger partial charge is 0.312 e. The van der Waals surface area contributed by atoms with Gasteiger partial charge in [-0.15, -0.1) is 11.3 Å². The number of nitro groups is 1. The monoisotopic (exact) mass is 265 g/mol. The summed E-state index contributed by atoms with van der Waals surface area (Å²) in [5.74, 6) is 0. The summed E-state index contributed by atoms with van der Waals surface area (Å²) in [7, 11) is 0. The summed E-state index contributed by atoms with van der Waals surface area (Å²) >= 11 is 1.49. The van der Waals surface area contributed by atoms with E-state index >= 15 is 0 Å². The Hall–Kier alpha value is -1.73. The zero-order chi connectivity index (χ0) is 12.5. The van der Waals surface area contributed by atoms with Gasteiger partial charge >= 0.3 is 5.69 Å². The van der Waals surface area contributed by atoms with E-state index in [1.165, 1.54) is 17.5 Å². The Morgan fingerprint density at radius 3 is 2.94 bits per heavy atom. The second-order valence-corrected chi connectivity index (χ2v) is 4.90. The molecule has 0 saturated carbocycles. The molecule has 0 amide bonds. The highest BCUT2D eigenvalue weighted by molar-refractivity contribution is 7.17. The topological polar surface area (TPSA) is 68.5 Å². The number of aromatic nitrogens is 1. The Labute approximate surface area is 107 Å². The zero-order valence-corrected chi connectivity index (χ0v) is 10.4. The maximum atomic E-state index is 11.1. The van der Waals surface area contributed by atoms with Gasteiger partial charge in [-0.25, -0.2) is 4.98 Å². The third-order valence-corrected chi connectivity index (χ3v) is 3.86. The summed E-state index contributed by atoms with van der Waals surface area (Å²) in [5.41, 5.74) is 1.57. The molecule has 1 aliphatic heterocycles. The summed E-state index contributed by atoms with van der Waals surface area (Å²) in [6.45, 7) is 2.56. The summed E-state index contributed by atoms with van der Waals surface area (Å²) in [6, 6.07) is 1.88. The van der Waals surface area contributed by atoms with Gasteiger partial charge in [-0.2, -0.15) is 0 Å². The Balaban J connectivity index is 2.18. The lowest BCUT2D eigenvalue weighted by molar-refractivity contribution is -0.384. The number of thiophene rings is 1. The van der Waals surface area contributed by atoms with Gasteiger partial charge in [0, 0.05) is 13.1 Å². The average Bonchev–Trinajstić information content (AvgIpc) is 2.86. The SMILES string of the molecule is O=[N+]([O-])c1cnc2ccsc2c1N1CCOCC1. The van der Waals surface area contributed by atoms with Crippen LogP contribution in [0.25, 0.3) is 10.2 Å². The van der Waals surface area contributed by atoms with Gasteiger partial charge in [0.1, 0.15) is 11.9 Å². The van der Waals surface area contributed by atoms with Crippen LogP contribution >= 0.6 is 11.3 Å². The van der Waals surface area contributed by atoms with Gasteiger partial charge < -0.3 is 9.64 Å². The van der Waals surface area contributed by atoms with Crippen molar-refractivity contribution in [1.82, 2.24) is 4.98 Å². The molecule has 7 heteroatoms. The molecule has 2 aromatic rings. The van der Waals surface area contributed by atoms with E-state index in [2.05, 4.69) is 4.98 Å². The molecule has 0 atom stereocenters.